The molecule has 0 bridgehead atoms. The van der Waals surface area contributed by atoms with Gasteiger partial charge in [0, 0.05) is 5.41 Å². The van der Waals surface area contributed by atoms with Crippen molar-refractivity contribution in [1.29, 1.82) is 0 Å². The van der Waals surface area contributed by atoms with E-state index in [0.717, 1.165) is 23.3 Å². The summed E-state index contributed by atoms with van der Waals surface area (Å²) in [7, 11) is 0. The first-order chi connectivity index (χ1) is 12.3. The molecule has 1 nitrogen and oxygen atoms in total. The summed E-state index contributed by atoms with van der Waals surface area (Å²) in [5.74, 6) is -0.786. The monoisotopic (exact) mass is 360 g/mol. The van der Waals surface area contributed by atoms with Gasteiger partial charge >= 0.3 is 0 Å². The zero-order valence-electron chi connectivity index (χ0n) is 16.3. The van der Waals surface area contributed by atoms with Crippen LogP contribution in [0.3, 0.4) is 0 Å². The summed E-state index contributed by atoms with van der Waals surface area (Å²) in [5.41, 5.74) is 1.36. The molecule has 26 heavy (non-hydrogen) atoms. The molecule has 3 heteroatoms. The van der Waals surface area contributed by atoms with Gasteiger partial charge in [0.15, 0.2) is 11.6 Å². The molecule has 2 rings (SSSR count). The Hall–Kier alpha value is -1.90. The van der Waals surface area contributed by atoms with Crippen molar-refractivity contribution in [1.82, 2.24) is 0 Å². The van der Waals surface area contributed by atoms with Crippen LogP contribution in [-0.2, 0) is 5.41 Å². The summed E-state index contributed by atoms with van der Waals surface area (Å²) in [5, 5.41) is 0. The second-order valence-corrected chi connectivity index (χ2v) is 7.56. The van der Waals surface area contributed by atoms with E-state index in [1.165, 1.54) is 37.8 Å². The number of ether oxygens (including phenoxy) is 1. The second kappa shape index (κ2) is 9.16. The van der Waals surface area contributed by atoms with E-state index in [1.54, 1.807) is 6.07 Å². The van der Waals surface area contributed by atoms with Crippen molar-refractivity contribution in [2.24, 2.45) is 0 Å². The minimum atomic E-state index is -0.818. The highest BCUT2D eigenvalue weighted by Gasteiger charge is 2.24. The molecule has 0 heterocycles. The Kier molecular flexibility index (Phi) is 7.19. The van der Waals surface area contributed by atoms with Gasteiger partial charge in [-0.2, -0.15) is 0 Å². The Morgan fingerprint density at radius 2 is 1.54 bits per heavy atom. The molecule has 2 aromatic rings. The minimum absolute atomic E-state index is 0.192. The van der Waals surface area contributed by atoms with Crippen molar-refractivity contribution < 1.29 is 13.5 Å². The first-order valence-electron chi connectivity index (χ1n) is 9.57. The Morgan fingerprint density at radius 3 is 2.15 bits per heavy atom. The smallest absolute Gasteiger partial charge is 0.159 e. The van der Waals surface area contributed by atoms with E-state index in [9.17, 15) is 8.78 Å². The quantitative estimate of drug-likeness (QED) is 0.436. The number of hydrogen-bond donors (Lipinski definition) is 0. The standard InChI is InChI=1S/C23H30F2O/c1-5-6-7-8-9-17(2)26-20-13-10-18(11-14-20)23(3,4)19-12-15-21(24)22(25)16-19/h10-17H,5-9H2,1-4H3. The van der Waals surface area contributed by atoms with Crippen LogP contribution >= 0.6 is 0 Å². The van der Waals surface area contributed by atoms with E-state index in [1.807, 2.05) is 38.1 Å². The van der Waals surface area contributed by atoms with Gasteiger partial charge in [-0.1, -0.05) is 58.2 Å². The molecule has 0 saturated carbocycles. The molecular weight excluding hydrogens is 330 g/mol. The largest absolute Gasteiger partial charge is 0.491 e. The van der Waals surface area contributed by atoms with Gasteiger partial charge in [-0.3, -0.25) is 0 Å². The van der Waals surface area contributed by atoms with Crippen LogP contribution in [0.2, 0.25) is 0 Å². The molecule has 1 atom stereocenters. The van der Waals surface area contributed by atoms with Crippen molar-refractivity contribution in [3.05, 3.63) is 65.2 Å². The zero-order valence-corrected chi connectivity index (χ0v) is 16.3. The Balaban J connectivity index is 2.02. The summed E-state index contributed by atoms with van der Waals surface area (Å²) < 4.78 is 32.8. The van der Waals surface area contributed by atoms with Gasteiger partial charge in [-0.25, -0.2) is 8.78 Å². The highest BCUT2D eigenvalue weighted by Crippen LogP contribution is 2.33. The maximum Gasteiger partial charge on any atom is 0.159 e. The fourth-order valence-electron chi connectivity index (χ4n) is 3.15. The first kappa shape index (κ1) is 20.4. The second-order valence-electron chi connectivity index (χ2n) is 7.56. The lowest BCUT2D eigenvalue weighted by Gasteiger charge is -2.26. The number of halogens is 2. The maximum atomic E-state index is 13.6. The van der Waals surface area contributed by atoms with Crippen LogP contribution in [-0.4, -0.2) is 6.10 Å². The lowest BCUT2D eigenvalue weighted by Crippen LogP contribution is -2.19. The molecule has 142 valence electrons. The van der Waals surface area contributed by atoms with Crippen LogP contribution in [0.15, 0.2) is 42.5 Å². The summed E-state index contributed by atoms with van der Waals surface area (Å²) in [6, 6.07) is 12.0. The van der Waals surface area contributed by atoms with E-state index < -0.39 is 17.0 Å². The van der Waals surface area contributed by atoms with E-state index in [0.29, 0.717) is 0 Å². The van der Waals surface area contributed by atoms with Gasteiger partial charge in [0.2, 0.25) is 0 Å². The minimum Gasteiger partial charge on any atom is -0.491 e. The molecule has 0 aromatic heterocycles. The van der Waals surface area contributed by atoms with Crippen LogP contribution in [0, 0.1) is 11.6 Å². The Labute approximate surface area is 156 Å². The highest BCUT2D eigenvalue weighted by atomic mass is 19.2. The third-order valence-corrected chi connectivity index (χ3v) is 5.02. The number of benzene rings is 2. The molecular formula is C23H30F2O. The molecule has 1 unspecified atom stereocenters. The number of rotatable bonds is 9. The molecule has 0 amide bonds. The van der Waals surface area contributed by atoms with Crippen molar-refractivity contribution >= 4 is 0 Å². The average molecular weight is 360 g/mol. The van der Waals surface area contributed by atoms with Gasteiger partial charge in [-0.05, 0) is 55.2 Å². The van der Waals surface area contributed by atoms with E-state index >= 15 is 0 Å². The topological polar surface area (TPSA) is 9.23 Å². The molecule has 0 aliphatic heterocycles. The zero-order chi connectivity index (χ0) is 19.2. The third kappa shape index (κ3) is 5.30. The molecule has 0 spiro atoms. The molecule has 0 aliphatic rings. The van der Waals surface area contributed by atoms with Gasteiger partial charge < -0.3 is 4.74 Å². The van der Waals surface area contributed by atoms with Gasteiger partial charge in [0.1, 0.15) is 5.75 Å². The molecule has 0 fully saturated rings. The average Bonchev–Trinajstić information content (AvgIpc) is 2.61. The Morgan fingerprint density at radius 1 is 0.885 bits per heavy atom. The fraction of sp³-hybridized carbons (Fsp3) is 0.478. The molecule has 0 radical (unpaired) electrons. The van der Waals surface area contributed by atoms with Gasteiger partial charge in [-0.15, -0.1) is 0 Å². The third-order valence-electron chi connectivity index (χ3n) is 5.02. The predicted octanol–water partition coefficient (Wildman–Crippen LogP) is 7.03. The highest BCUT2D eigenvalue weighted by molar-refractivity contribution is 5.40. The van der Waals surface area contributed by atoms with Crippen LogP contribution in [0.4, 0.5) is 8.78 Å². The lowest BCUT2D eigenvalue weighted by atomic mass is 9.78. The Bertz CT molecular complexity index is 692. The maximum absolute atomic E-state index is 13.6. The fourth-order valence-corrected chi connectivity index (χ4v) is 3.15. The predicted molar refractivity (Wildman–Crippen MR) is 104 cm³/mol. The summed E-state index contributed by atoms with van der Waals surface area (Å²) >= 11 is 0. The summed E-state index contributed by atoms with van der Waals surface area (Å²) in [4.78, 5) is 0. The normalized spacial score (nSPS) is 12.8. The van der Waals surface area contributed by atoms with Crippen LogP contribution < -0.4 is 4.74 Å². The molecule has 0 saturated heterocycles. The van der Waals surface area contributed by atoms with Gasteiger partial charge in [0.25, 0.3) is 0 Å². The van der Waals surface area contributed by atoms with Crippen molar-refractivity contribution in [3.63, 3.8) is 0 Å². The number of unbranched alkanes of at least 4 members (excludes halogenated alkanes) is 3. The first-order valence-corrected chi connectivity index (χ1v) is 9.57. The van der Waals surface area contributed by atoms with Crippen molar-refractivity contribution in [2.45, 2.75) is 71.3 Å². The summed E-state index contributed by atoms with van der Waals surface area (Å²) in [6.07, 6.45) is 6.21. The van der Waals surface area contributed by atoms with Gasteiger partial charge in [0.05, 0.1) is 6.10 Å². The van der Waals surface area contributed by atoms with Crippen LogP contribution in [0.1, 0.15) is 70.9 Å². The van der Waals surface area contributed by atoms with E-state index in [-0.39, 0.29) is 6.10 Å². The van der Waals surface area contributed by atoms with Crippen LogP contribution in [0.25, 0.3) is 0 Å². The summed E-state index contributed by atoms with van der Waals surface area (Å²) in [6.45, 7) is 8.33. The SMILES string of the molecule is CCCCCCC(C)Oc1ccc(C(C)(C)c2ccc(F)c(F)c2)cc1. The molecule has 2 aromatic carbocycles. The molecule has 0 N–H and O–H groups in total. The lowest BCUT2D eigenvalue weighted by molar-refractivity contribution is 0.206. The van der Waals surface area contributed by atoms with E-state index in [2.05, 4.69) is 13.8 Å². The van der Waals surface area contributed by atoms with E-state index in [4.69, 9.17) is 4.74 Å². The molecule has 0 aliphatic carbocycles. The number of hydrogen-bond acceptors (Lipinski definition) is 1. The van der Waals surface area contributed by atoms with Crippen LogP contribution in [0.5, 0.6) is 5.75 Å². The van der Waals surface area contributed by atoms with Crippen molar-refractivity contribution in [2.75, 3.05) is 0 Å². The van der Waals surface area contributed by atoms with Crippen molar-refractivity contribution in [3.8, 4) is 5.75 Å².